The van der Waals surface area contributed by atoms with Crippen molar-refractivity contribution in [3.63, 3.8) is 0 Å². The van der Waals surface area contributed by atoms with Crippen LogP contribution in [-0.4, -0.2) is 36.6 Å². The molecular weight excluding hydrogens is 222 g/mol. The van der Waals surface area contributed by atoms with Gasteiger partial charge in [0.1, 0.15) is 0 Å². The van der Waals surface area contributed by atoms with Crippen LogP contribution < -0.4 is 16.8 Å². The second-order valence-corrected chi connectivity index (χ2v) is 5.52. The first-order valence-electron chi connectivity index (χ1n) is 5.62. The van der Waals surface area contributed by atoms with E-state index >= 15 is 0 Å². The number of rotatable bonds is 4. The van der Waals surface area contributed by atoms with Gasteiger partial charge >= 0.3 is 0 Å². The van der Waals surface area contributed by atoms with Crippen molar-refractivity contribution in [2.24, 2.45) is 16.9 Å². The van der Waals surface area contributed by atoms with E-state index in [0.717, 1.165) is 0 Å². The zero-order valence-corrected chi connectivity index (χ0v) is 10.6. The summed E-state index contributed by atoms with van der Waals surface area (Å²) < 4.78 is 5.21. The lowest BCUT2D eigenvalue weighted by Gasteiger charge is -2.32. The molecule has 17 heavy (non-hydrogen) atoms. The number of hydrogen-bond acceptors (Lipinski definition) is 4. The first-order chi connectivity index (χ1) is 7.67. The number of nitrogens with two attached hydrogens (primary N) is 2. The summed E-state index contributed by atoms with van der Waals surface area (Å²) in [5.74, 6) is -0.652. The second-order valence-electron chi connectivity index (χ2n) is 5.52. The van der Waals surface area contributed by atoms with E-state index in [4.69, 9.17) is 16.2 Å². The van der Waals surface area contributed by atoms with Gasteiger partial charge in [0, 0.05) is 18.0 Å². The molecule has 2 unspecified atom stereocenters. The molecule has 1 fully saturated rings. The molecule has 0 bridgehead atoms. The molecular formula is C11H21N3O3. The highest BCUT2D eigenvalue weighted by Crippen LogP contribution is 2.28. The van der Waals surface area contributed by atoms with Crippen LogP contribution in [0.5, 0.6) is 0 Å². The predicted octanol–water partition coefficient (Wildman–Crippen LogP) is -0.880. The van der Waals surface area contributed by atoms with E-state index in [1.54, 1.807) is 20.8 Å². The number of carbonyl (C=O) groups excluding carboxylic acids is 2. The first-order valence-corrected chi connectivity index (χ1v) is 5.62. The Kier molecular flexibility index (Phi) is 3.78. The summed E-state index contributed by atoms with van der Waals surface area (Å²) in [6.07, 6.45) is 0.0882. The Morgan fingerprint density at radius 2 is 2.12 bits per heavy atom. The molecule has 6 heteroatoms. The highest BCUT2D eigenvalue weighted by Gasteiger charge is 2.45. The third kappa shape index (κ3) is 3.17. The molecule has 1 aliphatic rings. The van der Waals surface area contributed by atoms with Crippen LogP contribution >= 0.6 is 0 Å². The van der Waals surface area contributed by atoms with E-state index in [0.29, 0.717) is 13.2 Å². The van der Waals surface area contributed by atoms with Crippen LogP contribution in [-0.2, 0) is 14.3 Å². The lowest BCUT2D eigenvalue weighted by molar-refractivity contribution is -0.132. The van der Waals surface area contributed by atoms with Gasteiger partial charge in [0.05, 0.1) is 18.6 Å². The summed E-state index contributed by atoms with van der Waals surface area (Å²) >= 11 is 0. The topological polar surface area (TPSA) is 107 Å². The molecule has 0 spiro atoms. The van der Waals surface area contributed by atoms with Crippen molar-refractivity contribution >= 4 is 11.8 Å². The Morgan fingerprint density at radius 1 is 1.53 bits per heavy atom. The van der Waals surface area contributed by atoms with E-state index in [1.807, 2.05) is 0 Å². The molecule has 0 radical (unpaired) electrons. The first kappa shape index (κ1) is 13.9. The monoisotopic (exact) mass is 243 g/mol. The summed E-state index contributed by atoms with van der Waals surface area (Å²) in [7, 11) is 0. The summed E-state index contributed by atoms with van der Waals surface area (Å²) in [4.78, 5) is 23.0. The molecule has 1 heterocycles. The Labute approximate surface area is 101 Å². The van der Waals surface area contributed by atoms with Gasteiger partial charge in [-0.1, -0.05) is 0 Å². The lowest BCUT2D eigenvalue weighted by atomic mass is 9.83. The van der Waals surface area contributed by atoms with Crippen LogP contribution in [0.2, 0.25) is 0 Å². The molecule has 1 aliphatic heterocycles. The number of primary amides is 1. The molecule has 98 valence electrons. The summed E-state index contributed by atoms with van der Waals surface area (Å²) in [6, 6.07) is -0.327. The van der Waals surface area contributed by atoms with Crippen molar-refractivity contribution in [3.8, 4) is 0 Å². The lowest BCUT2D eigenvalue weighted by Crippen LogP contribution is -2.56. The van der Waals surface area contributed by atoms with Crippen molar-refractivity contribution in [1.82, 2.24) is 5.32 Å². The number of amides is 2. The number of nitrogens with one attached hydrogen (secondary N) is 1. The van der Waals surface area contributed by atoms with Crippen LogP contribution in [0.25, 0.3) is 0 Å². The van der Waals surface area contributed by atoms with Gasteiger partial charge in [0.15, 0.2) is 0 Å². The molecule has 0 aromatic carbocycles. The molecule has 0 aromatic rings. The van der Waals surface area contributed by atoms with Crippen molar-refractivity contribution in [3.05, 3.63) is 0 Å². The van der Waals surface area contributed by atoms with Crippen molar-refractivity contribution in [2.45, 2.75) is 38.8 Å². The van der Waals surface area contributed by atoms with E-state index < -0.39 is 16.9 Å². The molecule has 0 aliphatic carbocycles. The third-order valence-corrected chi connectivity index (χ3v) is 3.10. The Balaban J connectivity index is 2.68. The fraction of sp³-hybridized carbons (Fsp3) is 0.818. The largest absolute Gasteiger partial charge is 0.379 e. The predicted molar refractivity (Wildman–Crippen MR) is 62.9 cm³/mol. The standard InChI is InChI=1S/C11H21N3O3/c1-10(2,4-8(13)15)14-9(16)11(3)6-17-5-7(11)12/h7H,4-6,12H2,1-3H3,(H2,13,15)(H,14,16). The molecule has 2 atom stereocenters. The fourth-order valence-electron chi connectivity index (χ4n) is 1.85. The zero-order valence-electron chi connectivity index (χ0n) is 10.6. The van der Waals surface area contributed by atoms with Gasteiger partial charge in [-0.2, -0.15) is 0 Å². The van der Waals surface area contributed by atoms with Crippen molar-refractivity contribution in [1.29, 1.82) is 0 Å². The minimum atomic E-state index is -0.741. The number of carbonyl (C=O) groups is 2. The van der Waals surface area contributed by atoms with E-state index in [1.165, 1.54) is 0 Å². The quantitative estimate of drug-likeness (QED) is 0.596. The Morgan fingerprint density at radius 3 is 2.53 bits per heavy atom. The van der Waals surface area contributed by atoms with Crippen LogP contribution in [0.15, 0.2) is 0 Å². The van der Waals surface area contributed by atoms with Gasteiger partial charge < -0.3 is 21.5 Å². The summed E-state index contributed by atoms with van der Waals surface area (Å²) in [6.45, 7) is 5.94. The van der Waals surface area contributed by atoms with E-state index in [2.05, 4.69) is 5.32 Å². The van der Waals surface area contributed by atoms with Gasteiger partial charge in [-0.15, -0.1) is 0 Å². The van der Waals surface area contributed by atoms with Crippen molar-refractivity contribution in [2.75, 3.05) is 13.2 Å². The third-order valence-electron chi connectivity index (χ3n) is 3.10. The Hall–Kier alpha value is -1.14. The van der Waals surface area contributed by atoms with Gasteiger partial charge in [-0.05, 0) is 20.8 Å². The fourth-order valence-corrected chi connectivity index (χ4v) is 1.85. The molecule has 5 N–H and O–H groups in total. The van der Waals surface area contributed by atoms with E-state index in [9.17, 15) is 9.59 Å². The van der Waals surface area contributed by atoms with Crippen LogP contribution in [0, 0.1) is 5.41 Å². The summed E-state index contributed by atoms with van der Waals surface area (Å²) in [5.41, 5.74) is 9.57. The number of hydrogen-bond donors (Lipinski definition) is 3. The highest BCUT2D eigenvalue weighted by molar-refractivity contribution is 5.85. The van der Waals surface area contributed by atoms with Crippen LogP contribution in [0.1, 0.15) is 27.2 Å². The average Bonchev–Trinajstić information content (AvgIpc) is 2.45. The molecule has 2 amide bonds. The van der Waals surface area contributed by atoms with Gasteiger partial charge in [0.25, 0.3) is 0 Å². The van der Waals surface area contributed by atoms with E-state index in [-0.39, 0.29) is 18.4 Å². The second kappa shape index (κ2) is 4.62. The summed E-state index contributed by atoms with van der Waals surface area (Å²) in [5, 5.41) is 2.80. The minimum Gasteiger partial charge on any atom is -0.379 e. The van der Waals surface area contributed by atoms with Gasteiger partial charge in [-0.3, -0.25) is 9.59 Å². The average molecular weight is 243 g/mol. The smallest absolute Gasteiger partial charge is 0.230 e. The zero-order chi connectivity index (χ0) is 13.3. The molecule has 0 saturated carbocycles. The molecule has 1 rings (SSSR count). The van der Waals surface area contributed by atoms with Crippen molar-refractivity contribution < 1.29 is 14.3 Å². The maximum absolute atomic E-state index is 12.2. The highest BCUT2D eigenvalue weighted by atomic mass is 16.5. The Bertz CT molecular complexity index is 330. The maximum atomic E-state index is 12.2. The minimum absolute atomic E-state index is 0.0882. The van der Waals surface area contributed by atoms with Crippen LogP contribution in [0.4, 0.5) is 0 Å². The molecule has 0 aromatic heterocycles. The maximum Gasteiger partial charge on any atom is 0.230 e. The number of ether oxygens (including phenoxy) is 1. The van der Waals surface area contributed by atoms with Crippen LogP contribution in [0.3, 0.4) is 0 Å². The molecule has 6 nitrogen and oxygen atoms in total. The SMILES string of the molecule is CC(C)(CC(N)=O)NC(=O)C1(C)COCC1N. The van der Waals surface area contributed by atoms with Gasteiger partial charge in [-0.25, -0.2) is 0 Å². The molecule has 1 saturated heterocycles. The van der Waals surface area contributed by atoms with Gasteiger partial charge in [0.2, 0.25) is 11.8 Å². The normalized spacial score (nSPS) is 29.1.